The Hall–Kier alpha value is -2.92. The Morgan fingerprint density at radius 3 is 2.54 bits per heavy atom. The highest BCUT2D eigenvalue weighted by molar-refractivity contribution is 7.12. The second-order valence-electron chi connectivity index (χ2n) is 5.59. The van der Waals surface area contributed by atoms with Gasteiger partial charge in [-0.3, -0.25) is 0 Å². The van der Waals surface area contributed by atoms with Crippen molar-refractivity contribution >= 4 is 23.4 Å². The summed E-state index contributed by atoms with van der Waals surface area (Å²) in [6.07, 6.45) is 3.09. The molecule has 3 aromatic rings. The number of aromatic nitrogens is 1. The SMILES string of the molecule is COC(=O)/C=C/c1ccc(OCc2nc(-c3ccccc3)c(C)s2)cc1. The molecule has 5 heteroatoms. The predicted molar refractivity (Wildman–Crippen MR) is 104 cm³/mol. The molecule has 3 rings (SSSR count). The second-order valence-corrected chi connectivity index (χ2v) is 6.88. The Labute approximate surface area is 156 Å². The zero-order valence-corrected chi connectivity index (χ0v) is 15.5. The zero-order chi connectivity index (χ0) is 18.4. The maximum absolute atomic E-state index is 11.1. The number of methoxy groups -OCH3 is 1. The molecule has 2 aromatic carbocycles. The van der Waals surface area contributed by atoms with Crippen LogP contribution in [0.4, 0.5) is 0 Å². The number of benzene rings is 2. The van der Waals surface area contributed by atoms with Gasteiger partial charge in [0.15, 0.2) is 0 Å². The molecule has 0 radical (unpaired) electrons. The Balaban J connectivity index is 1.63. The van der Waals surface area contributed by atoms with Crippen molar-refractivity contribution in [1.82, 2.24) is 4.98 Å². The Morgan fingerprint density at radius 1 is 1.12 bits per heavy atom. The van der Waals surface area contributed by atoms with Crippen molar-refractivity contribution in [2.75, 3.05) is 7.11 Å². The molecular formula is C21H19NO3S. The number of rotatable bonds is 6. The largest absolute Gasteiger partial charge is 0.486 e. The molecule has 0 N–H and O–H groups in total. The van der Waals surface area contributed by atoms with E-state index in [1.807, 2.05) is 42.5 Å². The maximum Gasteiger partial charge on any atom is 0.330 e. The normalized spacial score (nSPS) is 10.8. The first-order valence-electron chi connectivity index (χ1n) is 8.16. The van der Waals surface area contributed by atoms with E-state index >= 15 is 0 Å². The molecule has 0 atom stereocenters. The van der Waals surface area contributed by atoms with E-state index in [9.17, 15) is 4.79 Å². The zero-order valence-electron chi connectivity index (χ0n) is 14.6. The molecule has 0 unspecified atom stereocenters. The van der Waals surface area contributed by atoms with Crippen LogP contribution in [0.5, 0.6) is 5.75 Å². The number of carbonyl (C=O) groups is 1. The lowest BCUT2D eigenvalue weighted by atomic mass is 10.1. The number of hydrogen-bond donors (Lipinski definition) is 0. The molecule has 132 valence electrons. The fourth-order valence-corrected chi connectivity index (χ4v) is 3.30. The van der Waals surface area contributed by atoms with Gasteiger partial charge in [0.1, 0.15) is 17.4 Å². The highest BCUT2D eigenvalue weighted by atomic mass is 32.1. The summed E-state index contributed by atoms with van der Waals surface area (Å²) in [5.41, 5.74) is 3.03. The van der Waals surface area contributed by atoms with Gasteiger partial charge in [0.25, 0.3) is 0 Å². The van der Waals surface area contributed by atoms with Gasteiger partial charge in [-0.1, -0.05) is 42.5 Å². The summed E-state index contributed by atoms with van der Waals surface area (Å²) in [6, 6.07) is 17.7. The van der Waals surface area contributed by atoms with E-state index in [0.29, 0.717) is 6.61 Å². The van der Waals surface area contributed by atoms with E-state index in [1.54, 1.807) is 17.4 Å². The summed E-state index contributed by atoms with van der Waals surface area (Å²) in [5, 5.41) is 0.941. The number of esters is 1. The lowest BCUT2D eigenvalue weighted by Gasteiger charge is -2.04. The molecule has 26 heavy (non-hydrogen) atoms. The van der Waals surface area contributed by atoms with Crippen LogP contribution in [0.15, 0.2) is 60.7 Å². The minimum atomic E-state index is -0.376. The smallest absolute Gasteiger partial charge is 0.330 e. The van der Waals surface area contributed by atoms with Crippen molar-refractivity contribution < 1.29 is 14.3 Å². The third-order valence-electron chi connectivity index (χ3n) is 3.74. The first-order chi connectivity index (χ1) is 12.7. The fraction of sp³-hybridized carbons (Fsp3) is 0.143. The van der Waals surface area contributed by atoms with Gasteiger partial charge in [-0.2, -0.15) is 0 Å². The van der Waals surface area contributed by atoms with Gasteiger partial charge in [0.05, 0.1) is 12.8 Å². The van der Waals surface area contributed by atoms with Gasteiger partial charge < -0.3 is 9.47 Å². The van der Waals surface area contributed by atoms with Crippen molar-refractivity contribution in [2.45, 2.75) is 13.5 Å². The van der Waals surface area contributed by atoms with E-state index in [0.717, 1.165) is 27.6 Å². The van der Waals surface area contributed by atoms with Crippen LogP contribution >= 0.6 is 11.3 Å². The van der Waals surface area contributed by atoms with Gasteiger partial charge in [-0.25, -0.2) is 9.78 Å². The average molecular weight is 365 g/mol. The second kappa shape index (κ2) is 8.45. The number of nitrogens with zero attached hydrogens (tertiary/aromatic N) is 1. The first-order valence-corrected chi connectivity index (χ1v) is 8.98. The van der Waals surface area contributed by atoms with Crippen LogP contribution in [0.2, 0.25) is 0 Å². The van der Waals surface area contributed by atoms with Crippen LogP contribution in [0.3, 0.4) is 0 Å². The van der Waals surface area contributed by atoms with Gasteiger partial charge >= 0.3 is 5.97 Å². The topological polar surface area (TPSA) is 48.4 Å². The van der Waals surface area contributed by atoms with Gasteiger partial charge in [-0.05, 0) is 30.7 Å². The molecule has 0 aliphatic rings. The molecule has 0 bridgehead atoms. The monoisotopic (exact) mass is 365 g/mol. The highest BCUT2D eigenvalue weighted by Crippen LogP contribution is 2.28. The molecule has 0 saturated carbocycles. The molecule has 0 amide bonds. The quantitative estimate of drug-likeness (QED) is 0.461. The summed E-state index contributed by atoms with van der Waals surface area (Å²) in [5.74, 6) is 0.382. The molecule has 1 heterocycles. The minimum absolute atomic E-state index is 0.376. The van der Waals surface area contributed by atoms with Crippen LogP contribution in [-0.4, -0.2) is 18.1 Å². The molecule has 0 fully saturated rings. The van der Waals surface area contributed by atoms with E-state index < -0.39 is 0 Å². The summed E-state index contributed by atoms with van der Waals surface area (Å²) in [6.45, 7) is 2.50. The third kappa shape index (κ3) is 4.58. The van der Waals surface area contributed by atoms with Gasteiger partial charge in [0, 0.05) is 16.5 Å². The summed E-state index contributed by atoms with van der Waals surface area (Å²) in [7, 11) is 1.35. The lowest BCUT2D eigenvalue weighted by molar-refractivity contribution is -0.134. The summed E-state index contributed by atoms with van der Waals surface area (Å²) < 4.78 is 10.4. The number of hydrogen-bond acceptors (Lipinski definition) is 5. The number of carbonyl (C=O) groups excluding carboxylic acids is 1. The van der Waals surface area contributed by atoms with Crippen LogP contribution in [-0.2, 0) is 16.1 Å². The third-order valence-corrected chi connectivity index (χ3v) is 4.69. The molecule has 0 aliphatic heterocycles. The first kappa shape index (κ1) is 17.9. The molecule has 1 aromatic heterocycles. The molecule has 0 aliphatic carbocycles. The number of aryl methyl sites for hydroxylation is 1. The fourth-order valence-electron chi connectivity index (χ4n) is 2.43. The van der Waals surface area contributed by atoms with Gasteiger partial charge in [-0.15, -0.1) is 11.3 Å². The van der Waals surface area contributed by atoms with Crippen molar-refractivity contribution in [1.29, 1.82) is 0 Å². The summed E-state index contributed by atoms with van der Waals surface area (Å²) in [4.78, 5) is 17.0. The van der Waals surface area contributed by atoms with Crippen molar-refractivity contribution in [3.8, 4) is 17.0 Å². The molecule has 4 nitrogen and oxygen atoms in total. The van der Waals surface area contributed by atoms with Crippen LogP contribution < -0.4 is 4.74 Å². The van der Waals surface area contributed by atoms with Crippen LogP contribution in [0.25, 0.3) is 17.3 Å². The Kier molecular flexibility index (Phi) is 5.81. The predicted octanol–water partition coefficient (Wildman–Crippen LogP) is 4.88. The lowest BCUT2D eigenvalue weighted by Crippen LogP contribution is -1.95. The van der Waals surface area contributed by atoms with Gasteiger partial charge in [0.2, 0.25) is 0 Å². The van der Waals surface area contributed by atoms with Crippen LogP contribution in [0.1, 0.15) is 15.4 Å². The molecular weight excluding hydrogens is 346 g/mol. The maximum atomic E-state index is 11.1. The highest BCUT2D eigenvalue weighted by Gasteiger charge is 2.10. The average Bonchev–Trinajstić information content (AvgIpc) is 3.06. The minimum Gasteiger partial charge on any atom is -0.486 e. The standard InChI is InChI=1S/C21H19NO3S/c1-15-21(17-6-4-3-5-7-17)22-19(26-15)14-25-18-11-8-16(9-12-18)10-13-20(23)24-2/h3-13H,14H2,1-2H3/b13-10+. The van der Waals surface area contributed by atoms with E-state index in [4.69, 9.17) is 9.72 Å². The molecule has 0 saturated heterocycles. The number of thiazole rings is 1. The van der Waals surface area contributed by atoms with Crippen molar-refractivity contribution in [3.63, 3.8) is 0 Å². The Morgan fingerprint density at radius 2 is 1.85 bits per heavy atom. The van der Waals surface area contributed by atoms with Crippen molar-refractivity contribution in [3.05, 3.63) is 76.1 Å². The van der Waals surface area contributed by atoms with Crippen molar-refractivity contribution in [2.24, 2.45) is 0 Å². The van der Waals surface area contributed by atoms with Crippen LogP contribution in [0, 0.1) is 6.92 Å². The number of ether oxygens (including phenoxy) is 2. The molecule has 0 spiro atoms. The van der Waals surface area contributed by atoms with E-state index in [2.05, 4.69) is 23.8 Å². The van der Waals surface area contributed by atoms with E-state index in [-0.39, 0.29) is 5.97 Å². The Bertz CT molecular complexity index is 899. The summed E-state index contributed by atoms with van der Waals surface area (Å²) >= 11 is 1.65. The van der Waals surface area contributed by atoms with E-state index in [1.165, 1.54) is 18.1 Å².